The molecule has 0 aromatic carbocycles. The van der Waals surface area contributed by atoms with Crippen molar-refractivity contribution in [2.75, 3.05) is 0 Å². The molecule has 0 spiro atoms. The van der Waals surface area contributed by atoms with Gasteiger partial charge in [0.05, 0.1) is 0 Å². The van der Waals surface area contributed by atoms with Gasteiger partial charge in [0.1, 0.15) is 0 Å². The van der Waals surface area contributed by atoms with Gasteiger partial charge in [-0.15, -0.1) is 0 Å². The van der Waals surface area contributed by atoms with Crippen LogP contribution in [-0.2, 0) is 41.7 Å². The summed E-state index contributed by atoms with van der Waals surface area (Å²) in [4.78, 5) is 0. The Bertz CT molecular complexity index is 7.51. The minimum absolute atomic E-state index is 0. The van der Waals surface area contributed by atoms with Crippen molar-refractivity contribution in [2.45, 2.75) is 0 Å². The van der Waals surface area contributed by atoms with Crippen LogP contribution in [-0.4, -0.2) is 0 Å². The van der Waals surface area contributed by atoms with Crippen LogP contribution in [0.25, 0.3) is 0 Å². The Labute approximate surface area is 48.6 Å². The molecule has 0 aliphatic carbocycles. The van der Waals surface area contributed by atoms with E-state index in [0.717, 1.165) is 0 Å². The minimum atomic E-state index is 0. The molecule has 6 heteroatoms. The first-order valence-corrected chi connectivity index (χ1v) is 0. The van der Waals surface area contributed by atoms with E-state index in [1.807, 2.05) is 0 Å². The fourth-order valence-electron chi connectivity index (χ4n) is 0. The van der Waals surface area contributed by atoms with Gasteiger partial charge < -0.3 is 28.1 Å². The van der Waals surface area contributed by atoms with Gasteiger partial charge in [0.2, 0.25) is 0 Å². The largest absolute Gasteiger partial charge is 8.00 e. The van der Waals surface area contributed by atoms with E-state index in [2.05, 4.69) is 0 Å². The van der Waals surface area contributed by atoms with Crippen molar-refractivity contribution >= 4 is 0 Å². The van der Waals surface area contributed by atoms with Gasteiger partial charge in [-0.25, -0.2) is 0 Å². The van der Waals surface area contributed by atoms with Crippen LogP contribution in [0.4, 0.5) is 0 Å². The molecule has 0 aliphatic heterocycles. The molecule has 0 unspecified atom stereocenters. The van der Waals surface area contributed by atoms with E-state index >= 15 is 0 Å². The van der Waals surface area contributed by atoms with Gasteiger partial charge in [0.15, 0.2) is 0 Å². The molecule has 40 valence electrons. The first-order chi connectivity index (χ1) is 0. The normalized spacial score (nSPS) is 0. The Balaban J connectivity index is 0. The predicted octanol–water partition coefficient (Wildman–Crippen LogP) is -0.316. The van der Waals surface area contributed by atoms with Crippen LogP contribution in [0.15, 0.2) is 0 Å². The predicted molar refractivity (Wildman–Crippen MR) is 7.77 cm³/mol. The minimum Gasteiger partial charge on any atom is -2.00 e. The maximum atomic E-state index is 0. The van der Waals surface area contributed by atoms with E-state index < -0.39 is 0 Å². The molecule has 0 bridgehead atoms. The summed E-state index contributed by atoms with van der Waals surface area (Å²) < 4.78 is 0. The second-order valence-corrected chi connectivity index (χ2v) is 0. The van der Waals surface area contributed by atoms with E-state index in [1.54, 1.807) is 0 Å². The smallest absolute Gasteiger partial charge is 2.00 e. The molecule has 5 nitrogen and oxygen atoms in total. The van der Waals surface area contributed by atoms with Gasteiger partial charge >= 0.3 is 19.8 Å². The third-order valence-corrected chi connectivity index (χ3v) is 0. The molecule has 0 saturated carbocycles. The maximum absolute atomic E-state index is 0. The molecule has 0 amide bonds. The molecular formula is H3NO4Os. The van der Waals surface area contributed by atoms with Gasteiger partial charge in [-0.05, 0) is 0 Å². The van der Waals surface area contributed by atoms with Crippen molar-refractivity contribution in [3.05, 3.63) is 0 Å². The molecule has 3 N–H and O–H groups in total. The van der Waals surface area contributed by atoms with Crippen molar-refractivity contribution in [1.82, 2.24) is 6.15 Å². The summed E-state index contributed by atoms with van der Waals surface area (Å²) in [5.41, 5.74) is 0. The zero-order valence-electron chi connectivity index (χ0n) is 2.69. The summed E-state index contributed by atoms with van der Waals surface area (Å²) in [5.74, 6) is 0. The van der Waals surface area contributed by atoms with Gasteiger partial charge in [-0.2, -0.15) is 0 Å². The second kappa shape index (κ2) is 562. The fourth-order valence-corrected chi connectivity index (χ4v) is 0. The zero-order chi connectivity index (χ0) is 0. The standard InChI is InChI=1S/H3N.4O.Os/h1H3;;;;;/q;4*-2;+8. The van der Waals surface area contributed by atoms with Crippen molar-refractivity contribution in [3.8, 4) is 0 Å². The summed E-state index contributed by atoms with van der Waals surface area (Å²) in [6, 6.07) is 0. The molecule has 6 heavy (non-hydrogen) atoms. The Morgan fingerprint density at radius 2 is 0.500 bits per heavy atom. The molecular weight excluding hydrogens is 268 g/mol. The summed E-state index contributed by atoms with van der Waals surface area (Å²) >= 11 is 0. The van der Waals surface area contributed by atoms with E-state index in [4.69, 9.17) is 0 Å². The van der Waals surface area contributed by atoms with Crippen molar-refractivity contribution in [2.24, 2.45) is 0 Å². The SMILES string of the molecule is N.[O-2].[O-2].[O-2].[O-2].[Os+8]. The summed E-state index contributed by atoms with van der Waals surface area (Å²) in [6.07, 6.45) is 0. The first kappa shape index (κ1) is 999. The van der Waals surface area contributed by atoms with Gasteiger partial charge in [0.25, 0.3) is 0 Å². The van der Waals surface area contributed by atoms with E-state index in [1.165, 1.54) is 0 Å². The van der Waals surface area contributed by atoms with E-state index in [9.17, 15) is 0 Å². The van der Waals surface area contributed by atoms with Crippen molar-refractivity contribution in [3.63, 3.8) is 0 Å². The Hall–Kier alpha value is 0.436. The van der Waals surface area contributed by atoms with Crippen LogP contribution in [0.2, 0.25) is 0 Å². The van der Waals surface area contributed by atoms with Gasteiger partial charge in [0, 0.05) is 0 Å². The Morgan fingerprint density at radius 1 is 0.500 bits per heavy atom. The van der Waals surface area contributed by atoms with Crippen LogP contribution in [0, 0.1) is 0 Å². The molecule has 0 rings (SSSR count). The number of rotatable bonds is 0. The van der Waals surface area contributed by atoms with Crippen LogP contribution in [0.3, 0.4) is 0 Å². The van der Waals surface area contributed by atoms with E-state index in [0.29, 0.717) is 0 Å². The van der Waals surface area contributed by atoms with Gasteiger partial charge in [-0.3, -0.25) is 0 Å². The summed E-state index contributed by atoms with van der Waals surface area (Å²) in [7, 11) is 0. The molecule has 0 aromatic rings. The Morgan fingerprint density at radius 3 is 0.500 bits per heavy atom. The van der Waals surface area contributed by atoms with Crippen LogP contribution < -0.4 is 6.15 Å². The zero-order valence-corrected chi connectivity index (χ0v) is 5.23. The monoisotopic (exact) mass is 273 g/mol. The molecule has 0 aliphatic rings. The van der Waals surface area contributed by atoms with Crippen molar-refractivity contribution < 1.29 is 41.7 Å². The Kier molecular flexibility index (Phi) is 93600. The second-order valence-electron chi connectivity index (χ2n) is 0. The summed E-state index contributed by atoms with van der Waals surface area (Å²) in [6.45, 7) is 0. The first-order valence-electron chi connectivity index (χ1n) is 0. The van der Waals surface area contributed by atoms with Gasteiger partial charge in [-0.1, -0.05) is 0 Å². The number of hydrogen-bond donors (Lipinski definition) is 1. The maximum Gasteiger partial charge on any atom is 8.00 e. The summed E-state index contributed by atoms with van der Waals surface area (Å²) in [5, 5.41) is 0. The van der Waals surface area contributed by atoms with Crippen LogP contribution in [0.5, 0.6) is 0 Å². The topological polar surface area (TPSA) is 149 Å². The molecule has 0 heterocycles. The molecule has 0 saturated heterocycles. The average molecular weight is 271 g/mol. The van der Waals surface area contributed by atoms with E-state index in [-0.39, 0.29) is 47.8 Å². The van der Waals surface area contributed by atoms with Crippen molar-refractivity contribution in [1.29, 1.82) is 0 Å². The molecule has 0 atom stereocenters. The number of hydrogen-bond acceptors (Lipinski definition) is 1. The third kappa shape index (κ3) is 275. The quantitative estimate of drug-likeness (QED) is 0.631. The molecule has 0 fully saturated rings. The van der Waals surface area contributed by atoms with Crippen LogP contribution in [0.1, 0.15) is 0 Å². The average Bonchev–Trinajstić information content (AvgIpc) is 0. The molecule has 0 aromatic heterocycles. The third-order valence-electron chi connectivity index (χ3n) is 0. The fraction of sp³-hybridized carbons (Fsp3) is 0. The molecule has 0 radical (unpaired) electrons. The van der Waals surface area contributed by atoms with Crippen LogP contribution >= 0.6 is 0 Å².